The number of nitrogens with zero attached hydrogens (tertiary/aromatic N) is 1. The van der Waals surface area contributed by atoms with Crippen molar-refractivity contribution in [3.8, 4) is 0 Å². The summed E-state index contributed by atoms with van der Waals surface area (Å²) in [6.07, 6.45) is 1.37. The third kappa shape index (κ3) is 2.06. The van der Waals surface area contributed by atoms with Gasteiger partial charge in [0.1, 0.15) is 0 Å². The molecule has 1 saturated heterocycles. The number of hydrogen-bond acceptors (Lipinski definition) is 2. The highest BCUT2D eigenvalue weighted by molar-refractivity contribution is 6.37. The quantitative estimate of drug-likeness (QED) is 0.726. The van der Waals surface area contributed by atoms with Crippen molar-refractivity contribution >= 4 is 40.7 Å². The van der Waals surface area contributed by atoms with E-state index in [0.29, 0.717) is 35.0 Å². The molecule has 0 unspecified atom stereocenters. The van der Waals surface area contributed by atoms with Gasteiger partial charge >= 0.3 is 0 Å². The van der Waals surface area contributed by atoms with Crippen molar-refractivity contribution < 1.29 is 9.59 Å². The molecule has 1 fully saturated rings. The second-order valence-electron chi connectivity index (χ2n) is 3.57. The SMILES string of the molecule is O=C1CCCC(=O)N1c1ccc(Cl)cc1Cl. The molecule has 1 aromatic rings. The second kappa shape index (κ2) is 4.44. The van der Waals surface area contributed by atoms with Crippen LogP contribution in [0.15, 0.2) is 18.2 Å². The van der Waals surface area contributed by atoms with Crippen molar-refractivity contribution in [1.29, 1.82) is 0 Å². The maximum absolute atomic E-state index is 11.7. The first-order valence-corrected chi connectivity index (χ1v) is 5.66. The van der Waals surface area contributed by atoms with E-state index in [-0.39, 0.29) is 11.8 Å². The number of halogens is 2. The molecule has 0 aromatic heterocycles. The van der Waals surface area contributed by atoms with Crippen molar-refractivity contribution in [2.75, 3.05) is 4.90 Å². The molecule has 0 aliphatic carbocycles. The zero-order valence-electron chi connectivity index (χ0n) is 8.37. The summed E-state index contributed by atoms with van der Waals surface area (Å²) >= 11 is 11.7. The van der Waals surface area contributed by atoms with E-state index in [2.05, 4.69) is 0 Å². The maximum Gasteiger partial charge on any atom is 0.233 e. The summed E-state index contributed by atoms with van der Waals surface area (Å²) in [5, 5.41) is 0.793. The minimum absolute atomic E-state index is 0.208. The fourth-order valence-electron chi connectivity index (χ4n) is 1.68. The first-order valence-electron chi connectivity index (χ1n) is 4.90. The molecular weight excluding hydrogens is 249 g/mol. The van der Waals surface area contributed by atoms with Crippen molar-refractivity contribution in [1.82, 2.24) is 0 Å². The minimum Gasteiger partial charge on any atom is -0.274 e. The van der Waals surface area contributed by atoms with E-state index in [1.807, 2.05) is 0 Å². The van der Waals surface area contributed by atoms with Gasteiger partial charge in [0.25, 0.3) is 0 Å². The number of carbonyl (C=O) groups is 2. The Balaban J connectivity index is 2.42. The predicted octanol–water partition coefficient (Wildman–Crippen LogP) is 3.04. The van der Waals surface area contributed by atoms with Crippen LogP contribution in [0, 0.1) is 0 Å². The molecule has 1 aliphatic heterocycles. The van der Waals surface area contributed by atoms with Gasteiger partial charge in [0.2, 0.25) is 11.8 Å². The van der Waals surface area contributed by atoms with Crippen molar-refractivity contribution in [3.63, 3.8) is 0 Å². The van der Waals surface area contributed by atoms with Crippen LogP contribution in [0.25, 0.3) is 0 Å². The van der Waals surface area contributed by atoms with E-state index >= 15 is 0 Å². The van der Waals surface area contributed by atoms with Gasteiger partial charge in [-0.25, -0.2) is 4.90 Å². The van der Waals surface area contributed by atoms with Crippen molar-refractivity contribution in [2.45, 2.75) is 19.3 Å². The van der Waals surface area contributed by atoms with Gasteiger partial charge in [-0.3, -0.25) is 9.59 Å². The van der Waals surface area contributed by atoms with Crippen molar-refractivity contribution in [2.24, 2.45) is 0 Å². The molecule has 0 N–H and O–H groups in total. The van der Waals surface area contributed by atoms with Gasteiger partial charge in [-0.1, -0.05) is 23.2 Å². The molecule has 16 heavy (non-hydrogen) atoms. The molecule has 3 nitrogen and oxygen atoms in total. The van der Waals surface area contributed by atoms with Crippen LogP contribution >= 0.6 is 23.2 Å². The average Bonchev–Trinajstić information content (AvgIpc) is 2.20. The number of amides is 2. The molecule has 5 heteroatoms. The van der Waals surface area contributed by atoms with Crippen LogP contribution in [0.1, 0.15) is 19.3 Å². The number of rotatable bonds is 1. The van der Waals surface area contributed by atoms with Gasteiger partial charge in [-0.15, -0.1) is 0 Å². The largest absolute Gasteiger partial charge is 0.274 e. The topological polar surface area (TPSA) is 37.4 Å². The predicted molar refractivity (Wildman–Crippen MR) is 62.8 cm³/mol. The molecule has 0 bridgehead atoms. The summed E-state index contributed by atoms with van der Waals surface area (Å²) < 4.78 is 0. The molecule has 0 atom stereocenters. The second-order valence-corrected chi connectivity index (χ2v) is 4.42. The van der Waals surface area contributed by atoms with Gasteiger partial charge in [0.15, 0.2) is 0 Å². The van der Waals surface area contributed by atoms with Gasteiger partial charge < -0.3 is 0 Å². The van der Waals surface area contributed by atoms with Crippen LogP contribution in [0.5, 0.6) is 0 Å². The fraction of sp³-hybridized carbons (Fsp3) is 0.273. The zero-order valence-corrected chi connectivity index (χ0v) is 9.88. The van der Waals surface area contributed by atoms with Crippen LogP contribution in [-0.4, -0.2) is 11.8 Å². The molecule has 2 rings (SSSR count). The molecule has 1 heterocycles. The highest BCUT2D eigenvalue weighted by atomic mass is 35.5. The summed E-state index contributed by atoms with van der Waals surface area (Å²) in [7, 11) is 0. The van der Waals surface area contributed by atoms with Crippen LogP contribution in [0.4, 0.5) is 5.69 Å². The lowest BCUT2D eigenvalue weighted by Gasteiger charge is -2.25. The summed E-state index contributed by atoms with van der Waals surface area (Å²) in [4.78, 5) is 24.5. The van der Waals surface area contributed by atoms with E-state index in [4.69, 9.17) is 23.2 Å². The summed E-state index contributed by atoms with van der Waals surface area (Å²) in [5.74, 6) is -0.416. The lowest BCUT2D eigenvalue weighted by molar-refractivity contribution is -0.129. The van der Waals surface area contributed by atoms with Crippen molar-refractivity contribution in [3.05, 3.63) is 28.2 Å². The lowest BCUT2D eigenvalue weighted by atomic mass is 10.1. The third-order valence-electron chi connectivity index (χ3n) is 2.43. The minimum atomic E-state index is -0.208. The van der Waals surface area contributed by atoms with Crippen LogP contribution in [-0.2, 0) is 9.59 Å². The van der Waals surface area contributed by atoms with E-state index in [1.54, 1.807) is 12.1 Å². The highest BCUT2D eigenvalue weighted by Gasteiger charge is 2.28. The molecule has 1 aromatic carbocycles. The highest BCUT2D eigenvalue weighted by Crippen LogP contribution is 2.31. The van der Waals surface area contributed by atoms with E-state index < -0.39 is 0 Å². The first-order chi connectivity index (χ1) is 7.59. The smallest absolute Gasteiger partial charge is 0.233 e. The van der Waals surface area contributed by atoms with Gasteiger partial charge in [-0.05, 0) is 24.6 Å². The molecule has 0 spiro atoms. The lowest BCUT2D eigenvalue weighted by Crippen LogP contribution is -2.40. The Bertz CT molecular complexity index is 443. The fourth-order valence-corrected chi connectivity index (χ4v) is 2.18. The van der Waals surface area contributed by atoms with Crippen LogP contribution in [0.3, 0.4) is 0 Å². The first kappa shape index (κ1) is 11.4. The monoisotopic (exact) mass is 257 g/mol. The average molecular weight is 258 g/mol. The Kier molecular flexibility index (Phi) is 3.17. The van der Waals surface area contributed by atoms with Crippen LogP contribution < -0.4 is 4.90 Å². The Morgan fingerprint density at radius 1 is 1.06 bits per heavy atom. The van der Waals surface area contributed by atoms with Gasteiger partial charge in [-0.2, -0.15) is 0 Å². The van der Waals surface area contributed by atoms with E-state index in [9.17, 15) is 9.59 Å². The van der Waals surface area contributed by atoms with E-state index in [0.717, 1.165) is 4.90 Å². The van der Waals surface area contributed by atoms with Crippen LogP contribution in [0.2, 0.25) is 10.0 Å². The van der Waals surface area contributed by atoms with Gasteiger partial charge in [0, 0.05) is 17.9 Å². The molecule has 1 aliphatic rings. The number of imide groups is 1. The number of carbonyl (C=O) groups excluding carboxylic acids is 2. The summed E-state index contributed by atoms with van der Waals surface area (Å²) in [6, 6.07) is 4.72. The third-order valence-corrected chi connectivity index (χ3v) is 2.97. The molecule has 2 amide bonds. The molecule has 84 valence electrons. The Hall–Kier alpha value is -1.06. The number of piperidine rings is 1. The standard InChI is InChI=1S/C11H9Cl2NO2/c12-7-4-5-9(8(13)6-7)14-10(15)2-1-3-11(14)16/h4-6H,1-3H2. The number of hydrogen-bond donors (Lipinski definition) is 0. The Morgan fingerprint density at radius 3 is 2.25 bits per heavy atom. The normalized spacial score (nSPS) is 16.8. The van der Waals surface area contributed by atoms with E-state index in [1.165, 1.54) is 6.07 Å². The maximum atomic E-state index is 11.7. The molecule has 0 radical (unpaired) electrons. The molecule has 0 saturated carbocycles. The Labute approximate surface area is 103 Å². The van der Waals surface area contributed by atoms with Gasteiger partial charge in [0.05, 0.1) is 10.7 Å². The molecular formula is C11H9Cl2NO2. The zero-order chi connectivity index (χ0) is 11.7. The summed E-state index contributed by atoms with van der Waals surface area (Å²) in [6.45, 7) is 0. The number of anilines is 1. The Morgan fingerprint density at radius 2 is 1.69 bits per heavy atom. The summed E-state index contributed by atoms with van der Waals surface area (Å²) in [5.41, 5.74) is 0.417. The number of benzene rings is 1.